The summed E-state index contributed by atoms with van der Waals surface area (Å²) in [7, 11) is -4.58. The van der Waals surface area contributed by atoms with Gasteiger partial charge in [0.15, 0.2) is 6.23 Å². The first-order chi connectivity index (χ1) is 9.80. The van der Waals surface area contributed by atoms with Crippen LogP contribution in [-0.2, 0) is 23.4 Å². The zero-order valence-electron chi connectivity index (χ0n) is 11.0. The molecule has 1 fully saturated rings. The fourth-order valence-electron chi connectivity index (χ4n) is 1.52. The zero-order chi connectivity index (χ0) is 16.0. The number of phosphoric acid groups is 1. The first kappa shape index (κ1) is 15.3. The van der Waals surface area contributed by atoms with Gasteiger partial charge < -0.3 is 35.4 Å². The first-order valence-corrected chi connectivity index (χ1v) is 6.90. The van der Waals surface area contributed by atoms with Crippen molar-refractivity contribution in [2.75, 3.05) is 13.2 Å². The molecule has 1 aliphatic rings. The number of carbonyl (C=O) groups is 2. The molecular formula is C8H15N2O9P. The summed E-state index contributed by atoms with van der Waals surface area (Å²) in [5.74, 6) is -0.678. The number of phosphoric ester groups is 1. The first-order valence-electron chi connectivity index (χ1n) is 5.81. The third-order valence-corrected chi connectivity index (χ3v) is 2.89. The van der Waals surface area contributed by atoms with Crippen molar-refractivity contribution in [2.24, 2.45) is 0 Å². The Hall–Kier alpha value is -1.07. The predicted octanol–water partition coefficient (Wildman–Crippen LogP) is -3.60. The molecule has 6 N–H and O–H groups in total. The summed E-state index contributed by atoms with van der Waals surface area (Å²) in [6.45, 7) is -1.00. The minimum atomic E-state index is -4.58. The molecule has 0 aromatic heterocycles. The summed E-state index contributed by atoms with van der Waals surface area (Å²) >= 11 is 0. The molecule has 0 saturated carbocycles. The van der Waals surface area contributed by atoms with E-state index in [0.29, 0.717) is 6.41 Å². The number of hydrogen-bond acceptors (Lipinski definition) is 8. The number of nitrogens with one attached hydrogen (secondary N) is 2. The number of rotatable bonds is 8. The minimum Gasteiger partial charge on any atom is -0.387 e. The van der Waals surface area contributed by atoms with Crippen LogP contribution in [0.25, 0.3) is 0 Å². The van der Waals surface area contributed by atoms with Gasteiger partial charge in [-0.1, -0.05) is 0 Å². The van der Waals surface area contributed by atoms with Gasteiger partial charge in [-0.15, -0.1) is 0 Å². The lowest BCUT2D eigenvalue weighted by molar-refractivity contribution is -0.127. The van der Waals surface area contributed by atoms with Gasteiger partial charge in [0.2, 0.25) is 13.7 Å². The molecule has 2 unspecified atom stereocenters. The van der Waals surface area contributed by atoms with Crippen LogP contribution in [0.3, 0.4) is 0 Å². The highest BCUT2D eigenvalue weighted by molar-refractivity contribution is 7.46. The summed E-state index contributed by atoms with van der Waals surface area (Å²) in [6.07, 6.45) is -5.21. The van der Waals surface area contributed by atoms with Crippen molar-refractivity contribution in [3.8, 4) is 0 Å². The average Bonchev–Trinajstić information content (AvgIpc) is 2.71. The summed E-state index contributed by atoms with van der Waals surface area (Å²) in [5.41, 5.74) is 0. The lowest BCUT2D eigenvalue weighted by atomic mass is 10.1. The Kier molecular flexibility index (Phi) is 5.43. The monoisotopic (exact) mass is 315 g/mol. The largest absolute Gasteiger partial charge is 0.469 e. The van der Waals surface area contributed by atoms with Crippen LogP contribution in [0, 0.1) is 0 Å². The number of hydrogen-bond donors (Lipinski definition) is 6. The highest BCUT2D eigenvalue weighted by Gasteiger charge is 2.44. The van der Waals surface area contributed by atoms with E-state index < -0.39 is 44.9 Å². The van der Waals surface area contributed by atoms with Crippen molar-refractivity contribution in [2.45, 2.75) is 24.5 Å². The number of amides is 2. The van der Waals surface area contributed by atoms with Crippen LogP contribution in [-0.4, -0.2) is 71.4 Å². The third-order valence-electron chi connectivity index (χ3n) is 2.41. The molecule has 1 heterocycles. The molecular weight excluding hydrogens is 299 g/mol. The fourth-order valence-corrected chi connectivity index (χ4v) is 1.85. The van der Waals surface area contributed by atoms with Gasteiger partial charge in [-0.25, -0.2) is 4.57 Å². The maximum atomic E-state index is 11.3. The second-order valence-corrected chi connectivity index (χ2v) is 5.10. The molecule has 1 aliphatic heterocycles. The second-order valence-electron chi connectivity index (χ2n) is 3.91. The van der Waals surface area contributed by atoms with Crippen molar-refractivity contribution < 1.29 is 43.4 Å². The number of aliphatic hydroxyl groups excluding tert-OH is 2. The van der Waals surface area contributed by atoms with E-state index in [4.69, 9.17) is 11.1 Å². The van der Waals surface area contributed by atoms with E-state index in [1.165, 1.54) is 0 Å². The maximum Gasteiger partial charge on any atom is 0.469 e. The summed E-state index contributed by atoms with van der Waals surface area (Å²) < 4.78 is 26.6. The fraction of sp³-hybridized carbons (Fsp3) is 0.750. The van der Waals surface area contributed by atoms with Gasteiger partial charge in [-0.3, -0.25) is 14.1 Å². The van der Waals surface area contributed by atoms with Gasteiger partial charge in [-0.05, 0) is 0 Å². The van der Waals surface area contributed by atoms with Crippen molar-refractivity contribution in [1.29, 1.82) is 1.43 Å². The smallest absolute Gasteiger partial charge is 0.387 e. The summed E-state index contributed by atoms with van der Waals surface area (Å²) in [6, 6.07) is 0. The van der Waals surface area contributed by atoms with E-state index in [1.54, 1.807) is 0 Å². The molecule has 1 saturated heterocycles. The van der Waals surface area contributed by atoms with Gasteiger partial charge in [0.1, 0.15) is 18.3 Å². The van der Waals surface area contributed by atoms with E-state index in [9.17, 15) is 24.4 Å². The zero-order valence-corrected chi connectivity index (χ0v) is 10.9. The Balaban J connectivity index is 2.50. The van der Waals surface area contributed by atoms with Crippen LogP contribution in [0.5, 0.6) is 0 Å². The Labute approximate surface area is 114 Å². The Morgan fingerprint density at radius 3 is 2.80 bits per heavy atom. The molecule has 5 atom stereocenters. The molecule has 0 aromatic rings. The molecule has 116 valence electrons. The van der Waals surface area contributed by atoms with Crippen LogP contribution in [0.15, 0.2) is 0 Å². The molecule has 0 aromatic carbocycles. The van der Waals surface area contributed by atoms with Crippen LogP contribution in [0.4, 0.5) is 0 Å². The molecule has 0 bridgehead atoms. The van der Waals surface area contributed by atoms with Gasteiger partial charge in [0, 0.05) is 0 Å². The van der Waals surface area contributed by atoms with E-state index in [0.717, 1.165) is 0 Å². The molecule has 0 aliphatic carbocycles. The van der Waals surface area contributed by atoms with Gasteiger partial charge in [0.05, 0.1) is 13.2 Å². The quantitative estimate of drug-likeness (QED) is 0.195. The molecule has 0 spiro atoms. The minimum absolute atomic E-state index is 0.302. The summed E-state index contributed by atoms with van der Waals surface area (Å²) in [4.78, 5) is 33.6. The normalized spacial score (nSPS) is 33.0. The Morgan fingerprint density at radius 2 is 2.20 bits per heavy atom. The number of ether oxygens (including phenoxy) is 1. The Morgan fingerprint density at radius 1 is 1.50 bits per heavy atom. The SMILES string of the molecule is [2H]OP(=O)(O)OC[C@H]1OC(NC(=O)CNC=O)[C@H](O)[C@@H]1O. The maximum absolute atomic E-state index is 11.3. The average molecular weight is 315 g/mol. The van der Waals surface area contributed by atoms with E-state index in [1.807, 2.05) is 0 Å². The van der Waals surface area contributed by atoms with E-state index in [2.05, 4.69) is 20.1 Å². The lowest BCUT2D eigenvalue weighted by Gasteiger charge is -2.16. The molecule has 0 radical (unpaired) electrons. The molecule has 2 amide bonds. The lowest BCUT2D eigenvalue weighted by Crippen LogP contribution is -2.46. The molecule has 11 nitrogen and oxygen atoms in total. The van der Waals surface area contributed by atoms with Crippen LogP contribution in [0.2, 0.25) is 0 Å². The predicted molar refractivity (Wildman–Crippen MR) is 60.9 cm³/mol. The number of carbonyl (C=O) groups excluding carboxylic acids is 2. The summed E-state index contributed by atoms with van der Waals surface area (Å²) in [5, 5.41) is 23.6. The van der Waals surface area contributed by atoms with Gasteiger partial charge >= 0.3 is 7.82 Å². The van der Waals surface area contributed by atoms with E-state index in [-0.39, 0.29) is 6.54 Å². The van der Waals surface area contributed by atoms with Gasteiger partial charge in [-0.2, -0.15) is 0 Å². The number of aliphatic hydroxyl groups is 2. The van der Waals surface area contributed by atoms with Crippen LogP contribution in [0.1, 0.15) is 0 Å². The second kappa shape index (κ2) is 7.09. The standard InChI is InChI=1S/C8H15N2O9P/c11-3-9-1-5(12)10-8-7(14)6(13)4(19-8)2-18-20(15,16)17/h3-4,6-8,13-14H,1-2H2,(H,9,11)(H,10,12)(H2,15,16,17)/t4-,6-,7-,8?/m1/s1/i/hD. The highest BCUT2D eigenvalue weighted by Crippen LogP contribution is 2.37. The Bertz CT molecular complexity index is 425. The highest BCUT2D eigenvalue weighted by atomic mass is 31.2. The van der Waals surface area contributed by atoms with E-state index >= 15 is 0 Å². The van der Waals surface area contributed by atoms with Crippen molar-refractivity contribution >= 4 is 20.1 Å². The van der Waals surface area contributed by atoms with Crippen molar-refractivity contribution in [1.82, 2.24) is 10.6 Å². The third kappa shape index (κ3) is 5.13. The van der Waals surface area contributed by atoms with Crippen LogP contribution >= 0.6 is 7.82 Å². The van der Waals surface area contributed by atoms with Crippen molar-refractivity contribution in [3.05, 3.63) is 0 Å². The molecule has 1 rings (SSSR count). The topological polar surface area (TPSA) is 175 Å². The van der Waals surface area contributed by atoms with Crippen molar-refractivity contribution in [3.63, 3.8) is 0 Å². The molecule has 20 heavy (non-hydrogen) atoms. The van der Waals surface area contributed by atoms with Gasteiger partial charge in [0.25, 0.3) is 0 Å². The molecule has 12 heteroatoms. The van der Waals surface area contributed by atoms with Crippen LogP contribution < -0.4 is 10.6 Å².